The van der Waals surface area contributed by atoms with E-state index >= 15 is 0 Å². The maximum Gasteiger partial charge on any atom is 0.297 e. The standard InChI is InChI=1S/C28H21Br2N5O2S/c1-18-25(27(37)35(33(18)2)23-6-4-3-5-7-23)32-28-34(31-17-20-10-14-22(30)15-11-20)26(36)24(38-28)16-19-8-12-21(29)13-9-19/h3-17H,1-2H3. The average molecular weight is 651 g/mol. The van der Waals surface area contributed by atoms with Crippen LogP contribution in [0.15, 0.2) is 108 Å². The molecule has 2 heterocycles. The number of para-hydroxylation sites is 1. The van der Waals surface area contributed by atoms with Gasteiger partial charge in [-0.25, -0.2) is 9.67 Å². The molecule has 0 bridgehead atoms. The monoisotopic (exact) mass is 649 g/mol. The summed E-state index contributed by atoms with van der Waals surface area (Å²) in [4.78, 5) is 32.1. The number of thioether (sulfide) groups is 1. The van der Waals surface area contributed by atoms with Crippen LogP contribution in [-0.2, 0) is 11.8 Å². The van der Waals surface area contributed by atoms with Gasteiger partial charge in [0.2, 0.25) is 0 Å². The van der Waals surface area contributed by atoms with E-state index in [-0.39, 0.29) is 17.2 Å². The zero-order chi connectivity index (χ0) is 26.8. The summed E-state index contributed by atoms with van der Waals surface area (Å²) in [7, 11) is 1.81. The van der Waals surface area contributed by atoms with Gasteiger partial charge in [0.25, 0.3) is 11.5 Å². The number of hydrazone groups is 1. The molecule has 1 fully saturated rings. The molecule has 7 nitrogen and oxygen atoms in total. The van der Waals surface area contributed by atoms with E-state index in [1.807, 2.05) is 92.8 Å². The second-order valence-electron chi connectivity index (χ2n) is 8.38. The first-order valence-electron chi connectivity index (χ1n) is 11.5. The lowest BCUT2D eigenvalue weighted by molar-refractivity contribution is -0.122. The Labute approximate surface area is 240 Å². The van der Waals surface area contributed by atoms with Crippen LogP contribution in [-0.4, -0.2) is 31.7 Å². The van der Waals surface area contributed by atoms with Crippen LogP contribution in [0, 0.1) is 6.92 Å². The van der Waals surface area contributed by atoms with Crippen LogP contribution in [0.5, 0.6) is 0 Å². The molecule has 10 heteroatoms. The summed E-state index contributed by atoms with van der Waals surface area (Å²) in [6, 6.07) is 24.6. The van der Waals surface area contributed by atoms with E-state index in [0.717, 1.165) is 25.8 Å². The third-order valence-electron chi connectivity index (χ3n) is 5.88. The number of hydrogen-bond acceptors (Lipinski definition) is 5. The molecule has 38 heavy (non-hydrogen) atoms. The molecular formula is C28H21Br2N5O2S. The molecule has 1 amide bonds. The molecule has 1 saturated heterocycles. The quantitative estimate of drug-likeness (QED) is 0.179. The van der Waals surface area contributed by atoms with Gasteiger partial charge in [-0.2, -0.15) is 10.1 Å². The van der Waals surface area contributed by atoms with E-state index in [9.17, 15) is 9.59 Å². The number of carbonyl (C=O) groups is 1. The molecule has 4 aromatic rings. The van der Waals surface area contributed by atoms with Gasteiger partial charge < -0.3 is 0 Å². The van der Waals surface area contributed by atoms with Crippen LogP contribution >= 0.6 is 43.6 Å². The predicted octanol–water partition coefficient (Wildman–Crippen LogP) is 6.65. The van der Waals surface area contributed by atoms with Crippen molar-refractivity contribution in [1.29, 1.82) is 0 Å². The van der Waals surface area contributed by atoms with Crippen molar-refractivity contribution in [2.45, 2.75) is 6.92 Å². The third-order valence-corrected chi connectivity index (χ3v) is 7.89. The first-order valence-corrected chi connectivity index (χ1v) is 13.9. The van der Waals surface area contributed by atoms with Crippen molar-refractivity contribution in [3.8, 4) is 5.69 Å². The molecule has 0 radical (unpaired) electrons. The van der Waals surface area contributed by atoms with Crippen LogP contribution in [0.4, 0.5) is 5.69 Å². The lowest BCUT2D eigenvalue weighted by Crippen LogP contribution is -2.24. The van der Waals surface area contributed by atoms with Crippen molar-refractivity contribution in [2.75, 3.05) is 0 Å². The molecule has 0 unspecified atom stereocenters. The Balaban J connectivity index is 1.59. The van der Waals surface area contributed by atoms with Crippen LogP contribution in [0.3, 0.4) is 0 Å². The van der Waals surface area contributed by atoms with Gasteiger partial charge >= 0.3 is 0 Å². The zero-order valence-corrected chi connectivity index (χ0v) is 24.4. The fourth-order valence-electron chi connectivity index (χ4n) is 3.80. The fraction of sp³-hybridized carbons (Fsp3) is 0.0714. The lowest BCUT2D eigenvalue weighted by Gasteiger charge is -2.08. The number of nitrogens with zero attached hydrogens (tertiary/aromatic N) is 5. The van der Waals surface area contributed by atoms with Gasteiger partial charge in [0.05, 0.1) is 22.5 Å². The molecule has 0 saturated carbocycles. The van der Waals surface area contributed by atoms with Crippen molar-refractivity contribution >= 4 is 72.7 Å². The molecule has 1 aliphatic heterocycles. The van der Waals surface area contributed by atoms with Crippen molar-refractivity contribution < 1.29 is 4.79 Å². The summed E-state index contributed by atoms with van der Waals surface area (Å²) in [6.07, 6.45) is 3.40. The van der Waals surface area contributed by atoms with E-state index in [4.69, 9.17) is 0 Å². The largest absolute Gasteiger partial charge is 0.297 e. The van der Waals surface area contributed by atoms with Gasteiger partial charge in [-0.1, -0.05) is 74.3 Å². The molecule has 3 aromatic carbocycles. The van der Waals surface area contributed by atoms with E-state index in [0.29, 0.717) is 15.8 Å². The minimum atomic E-state index is -0.318. The summed E-state index contributed by atoms with van der Waals surface area (Å²) in [5, 5.41) is 6.01. The predicted molar refractivity (Wildman–Crippen MR) is 161 cm³/mol. The fourth-order valence-corrected chi connectivity index (χ4v) is 5.25. The highest BCUT2D eigenvalue weighted by molar-refractivity contribution is 9.10. The second-order valence-corrected chi connectivity index (χ2v) is 11.2. The highest BCUT2D eigenvalue weighted by atomic mass is 79.9. The molecule has 0 atom stereocenters. The van der Waals surface area contributed by atoms with Crippen molar-refractivity contribution in [2.24, 2.45) is 17.1 Å². The summed E-state index contributed by atoms with van der Waals surface area (Å²) >= 11 is 8.04. The molecular weight excluding hydrogens is 630 g/mol. The molecule has 0 N–H and O–H groups in total. The maximum absolute atomic E-state index is 13.5. The Hall–Kier alpha value is -3.47. The summed E-state index contributed by atoms with van der Waals surface area (Å²) in [5.74, 6) is -0.318. The third kappa shape index (κ3) is 5.38. The molecule has 190 valence electrons. The molecule has 5 rings (SSSR count). The number of amides is 1. The Morgan fingerprint density at radius 2 is 1.45 bits per heavy atom. The minimum absolute atomic E-state index is 0.250. The summed E-state index contributed by atoms with van der Waals surface area (Å²) < 4.78 is 5.21. The Kier molecular flexibility index (Phi) is 7.64. The van der Waals surface area contributed by atoms with Gasteiger partial charge in [-0.15, -0.1) is 0 Å². The van der Waals surface area contributed by atoms with E-state index in [1.54, 1.807) is 21.7 Å². The van der Waals surface area contributed by atoms with Crippen molar-refractivity contribution in [1.82, 2.24) is 14.4 Å². The molecule has 1 aromatic heterocycles. The van der Waals surface area contributed by atoms with Gasteiger partial charge in [-0.3, -0.25) is 14.3 Å². The first kappa shape index (κ1) is 26.1. The van der Waals surface area contributed by atoms with Gasteiger partial charge in [0.1, 0.15) is 0 Å². The zero-order valence-electron chi connectivity index (χ0n) is 20.4. The van der Waals surface area contributed by atoms with E-state index in [1.165, 1.54) is 16.8 Å². The van der Waals surface area contributed by atoms with Crippen LogP contribution in [0.2, 0.25) is 0 Å². The van der Waals surface area contributed by atoms with Crippen LogP contribution in [0.25, 0.3) is 11.8 Å². The smallest absolute Gasteiger partial charge is 0.283 e. The Bertz CT molecular complexity index is 1650. The Morgan fingerprint density at radius 3 is 2.08 bits per heavy atom. The number of carbonyl (C=O) groups excluding carboxylic acids is 1. The summed E-state index contributed by atoms with van der Waals surface area (Å²) in [5.41, 5.74) is 3.05. The normalized spacial score (nSPS) is 15.9. The SMILES string of the molecule is Cc1c(N=C2SC(=Cc3ccc(Br)cc3)C(=O)N2N=Cc2ccc(Br)cc2)c(=O)n(-c2ccccc2)n1C. The number of benzene rings is 3. The number of halogens is 2. The van der Waals surface area contributed by atoms with Gasteiger partial charge in [0.15, 0.2) is 10.9 Å². The van der Waals surface area contributed by atoms with Gasteiger partial charge in [-0.05, 0) is 72.3 Å². The summed E-state index contributed by atoms with van der Waals surface area (Å²) in [6.45, 7) is 1.83. The topological polar surface area (TPSA) is 72.0 Å². The highest BCUT2D eigenvalue weighted by Gasteiger charge is 2.34. The molecule has 0 aliphatic carbocycles. The van der Waals surface area contributed by atoms with E-state index < -0.39 is 0 Å². The number of aromatic nitrogens is 2. The molecule has 1 aliphatic rings. The number of hydrogen-bond donors (Lipinski definition) is 0. The second kappa shape index (κ2) is 11.1. The van der Waals surface area contributed by atoms with Crippen molar-refractivity contribution in [3.63, 3.8) is 0 Å². The number of rotatable bonds is 5. The maximum atomic E-state index is 13.5. The highest BCUT2D eigenvalue weighted by Crippen LogP contribution is 2.35. The number of aliphatic imine (C=N–C) groups is 1. The Morgan fingerprint density at radius 1 is 0.842 bits per heavy atom. The van der Waals surface area contributed by atoms with Crippen molar-refractivity contribution in [3.05, 3.63) is 120 Å². The van der Waals surface area contributed by atoms with Gasteiger partial charge in [0, 0.05) is 16.0 Å². The molecule has 0 spiro atoms. The first-order chi connectivity index (χ1) is 18.3. The van der Waals surface area contributed by atoms with Crippen LogP contribution < -0.4 is 5.56 Å². The average Bonchev–Trinajstić information content (AvgIpc) is 3.32. The van der Waals surface area contributed by atoms with E-state index in [2.05, 4.69) is 42.0 Å². The number of amidine groups is 1. The lowest BCUT2D eigenvalue weighted by atomic mass is 10.2. The minimum Gasteiger partial charge on any atom is -0.283 e. The van der Waals surface area contributed by atoms with Crippen LogP contribution in [0.1, 0.15) is 16.8 Å².